The first-order valence-corrected chi connectivity index (χ1v) is 10.8. The number of hydrogen-bond donors (Lipinski definition) is 1. The molecule has 0 amide bonds. The predicted octanol–water partition coefficient (Wildman–Crippen LogP) is 3.28. The Morgan fingerprint density at radius 1 is 1.07 bits per heavy atom. The van der Waals surface area contributed by atoms with Crippen molar-refractivity contribution in [3.05, 3.63) is 58.1 Å². The highest BCUT2D eigenvalue weighted by Crippen LogP contribution is 2.34. The second-order valence-electron chi connectivity index (χ2n) is 7.92. The number of nitrogens with zero attached hydrogens (tertiary/aromatic N) is 2. The quantitative estimate of drug-likeness (QED) is 0.589. The average Bonchev–Trinajstić information content (AvgIpc) is 2.68. The first-order valence-electron chi connectivity index (χ1n) is 9.37. The second kappa shape index (κ2) is 8.10. The summed E-state index contributed by atoms with van der Waals surface area (Å²) in [6.45, 7) is 7.93. The molecule has 29 heavy (non-hydrogen) atoms. The van der Waals surface area contributed by atoms with Crippen LogP contribution in [-0.4, -0.2) is 43.8 Å². The number of rotatable bonds is 5. The van der Waals surface area contributed by atoms with Crippen LogP contribution in [0.2, 0.25) is 0 Å². The third-order valence-corrected chi connectivity index (χ3v) is 6.70. The Morgan fingerprint density at radius 3 is 2.24 bits per heavy atom. The molecule has 1 N–H and O–H groups in total. The number of nitro benzene ring substituents is 1. The Balaban J connectivity index is 1.99. The minimum atomic E-state index is -3.94. The van der Waals surface area contributed by atoms with Crippen LogP contribution in [0.1, 0.15) is 26.3 Å². The molecule has 8 nitrogen and oxygen atoms in total. The average molecular weight is 420 g/mol. The van der Waals surface area contributed by atoms with E-state index in [-0.39, 0.29) is 21.7 Å². The van der Waals surface area contributed by atoms with Crippen LogP contribution in [0.15, 0.2) is 47.4 Å². The van der Waals surface area contributed by atoms with Gasteiger partial charge in [0.05, 0.1) is 4.92 Å². The lowest BCUT2D eigenvalue weighted by Crippen LogP contribution is -2.46. The van der Waals surface area contributed by atoms with E-state index in [9.17, 15) is 18.5 Å². The Bertz CT molecular complexity index is 992. The summed E-state index contributed by atoms with van der Waals surface area (Å²) in [5.74, 6) is 0.529. The fourth-order valence-electron chi connectivity index (χ4n) is 3.07. The summed E-state index contributed by atoms with van der Waals surface area (Å²) in [7, 11) is -3.94. The molecule has 0 aliphatic carbocycles. The van der Waals surface area contributed by atoms with Gasteiger partial charge in [0.25, 0.3) is 5.69 Å². The minimum absolute atomic E-state index is 0.0251. The predicted molar refractivity (Wildman–Crippen MR) is 110 cm³/mol. The number of nitrogens with one attached hydrogen (secondary N) is 1. The summed E-state index contributed by atoms with van der Waals surface area (Å²) in [4.78, 5) is 10.4. The molecule has 1 aliphatic rings. The summed E-state index contributed by atoms with van der Waals surface area (Å²) in [5.41, 5.74) is 0.791. The zero-order valence-corrected chi connectivity index (χ0v) is 17.5. The lowest BCUT2D eigenvalue weighted by Gasteiger charge is -2.27. The normalized spacial score (nSPS) is 15.8. The van der Waals surface area contributed by atoms with Gasteiger partial charge in [-0.1, -0.05) is 32.9 Å². The van der Waals surface area contributed by atoms with E-state index in [2.05, 4.69) is 26.1 Å². The number of non-ortho nitro benzene ring substituents is 1. The van der Waals surface area contributed by atoms with Gasteiger partial charge in [-0.25, -0.2) is 8.42 Å². The van der Waals surface area contributed by atoms with E-state index in [1.54, 1.807) is 12.1 Å². The number of nitro groups is 1. The summed E-state index contributed by atoms with van der Waals surface area (Å²) >= 11 is 0. The molecule has 1 saturated heterocycles. The van der Waals surface area contributed by atoms with Crippen molar-refractivity contribution in [1.82, 2.24) is 9.62 Å². The highest BCUT2D eigenvalue weighted by molar-refractivity contribution is 7.89. The van der Waals surface area contributed by atoms with Crippen LogP contribution in [0.25, 0.3) is 0 Å². The van der Waals surface area contributed by atoms with Crippen LogP contribution in [-0.2, 0) is 15.4 Å². The Hall–Kier alpha value is -2.49. The van der Waals surface area contributed by atoms with Gasteiger partial charge in [-0.15, -0.1) is 0 Å². The van der Waals surface area contributed by atoms with Gasteiger partial charge in [0.15, 0.2) is 0 Å². The van der Waals surface area contributed by atoms with Gasteiger partial charge in [0.2, 0.25) is 10.0 Å². The largest absolute Gasteiger partial charge is 0.456 e. The molecule has 1 aliphatic heterocycles. The van der Waals surface area contributed by atoms with E-state index in [0.29, 0.717) is 31.9 Å². The van der Waals surface area contributed by atoms with Crippen LogP contribution in [0, 0.1) is 10.1 Å². The Kier molecular flexibility index (Phi) is 5.92. The molecule has 0 radical (unpaired) electrons. The summed E-state index contributed by atoms with van der Waals surface area (Å²) in [6, 6.07) is 11.0. The van der Waals surface area contributed by atoms with E-state index < -0.39 is 14.9 Å². The second-order valence-corrected chi connectivity index (χ2v) is 9.83. The topological polar surface area (TPSA) is 102 Å². The number of benzene rings is 2. The van der Waals surface area contributed by atoms with Crippen LogP contribution in [0.4, 0.5) is 5.69 Å². The van der Waals surface area contributed by atoms with Crippen molar-refractivity contribution in [3.63, 3.8) is 0 Å². The standard InChI is InChI=1S/C20H25N3O5S/c1-20(2,3)15-4-7-17(8-5-15)28-18-9-6-16(23(24)25)14-19(18)29(26,27)22-12-10-21-11-13-22/h4-9,14,21H,10-13H2,1-3H3. The minimum Gasteiger partial charge on any atom is -0.456 e. The van der Waals surface area contributed by atoms with E-state index in [1.807, 2.05) is 12.1 Å². The molecule has 1 heterocycles. The molecule has 0 bridgehead atoms. The van der Waals surface area contributed by atoms with Crippen molar-refractivity contribution in [2.45, 2.75) is 31.1 Å². The third kappa shape index (κ3) is 4.75. The summed E-state index contributed by atoms with van der Waals surface area (Å²) < 4.78 is 33.5. The molecule has 0 unspecified atom stereocenters. The molecule has 0 saturated carbocycles. The van der Waals surface area contributed by atoms with Gasteiger partial charge in [-0.05, 0) is 29.2 Å². The van der Waals surface area contributed by atoms with E-state index in [4.69, 9.17) is 4.74 Å². The van der Waals surface area contributed by atoms with Crippen molar-refractivity contribution in [1.29, 1.82) is 0 Å². The highest BCUT2D eigenvalue weighted by atomic mass is 32.2. The maximum Gasteiger partial charge on any atom is 0.271 e. The molecule has 3 rings (SSSR count). The van der Waals surface area contributed by atoms with Crippen molar-refractivity contribution in [3.8, 4) is 11.5 Å². The Labute approximate surface area is 170 Å². The van der Waals surface area contributed by atoms with Crippen molar-refractivity contribution in [2.75, 3.05) is 26.2 Å². The van der Waals surface area contributed by atoms with Crippen molar-refractivity contribution < 1.29 is 18.1 Å². The third-order valence-electron chi connectivity index (χ3n) is 4.78. The zero-order valence-electron chi connectivity index (χ0n) is 16.7. The van der Waals surface area contributed by atoms with Crippen LogP contribution >= 0.6 is 0 Å². The Morgan fingerprint density at radius 2 is 1.69 bits per heavy atom. The molecule has 2 aromatic rings. The van der Waals surface area contributed by atoms with Gasteiger partial charge in [0, 0.05) is 38.3 Å². The fraction of sp³-hybridized carbons (Fsp3) is 0.400. The van der Waals surface area contributed by atoms with Gasteiger partial charge < -0.3 is 10.1 Å². The van der Waals surface area contributed by atoms with E-state index in [0.717, 1.165) is 11.6 Å². The smallest absolute Gasteiger partial charge is 0.271 e. The number of sulfonamides is 1. The van der Waals surface area contributed by atoms with Gasteiger partial charge >= 0.3 is 0 Å². The molecule has 0 atom stereocenters. The van der Waals surface area contributed by atoms with Crippen molar-refractivity contribution >= 4 is 15.7 Å². The molecule has 156 valence electrons. The SMILES string of the molecule is CC(C)(C)c1ccc(Oc2ccc([N+](=O)[O-])cc2S(=O)(=O)N2CCNCC2)cc1. The molecule has 0 spiro atoms. The number of hydrogen-bond acceptors (Lipinski definition) is 6. The van der Waals surface area contributed by atoms with E-state index in [1.165, 1.54) is 16.4 Å². The van der Waals surface area contributed by atoms with Crippen molar-refractivity contribution in [2.24, 2.45) is 0 Å². The molecule has 1 fully saturated rings. The molecular weight excluding hydrogens is 394 g/mol. The van der Waals surface area contributed by atoms with Gasteiger partial charge in [0.1, 0.15) is 16.4 Å². The zero-order chi connectivity index (χ0) is 21.2. The molecule has 9 heteroatoms. The van der Waals surface area contributed by atoms with Crippen LogP contribution in [0.3, 0.4) is 0 Å². The maximum atomic E-state index is 13.2. The first-order chi connectivity index (χ1) is 13.6. The summed E-state index contributed by atoms with van der Waals surface area (Å²) in [5, 5.41) is 14.3. The van der Waals surface area contributed by atoms with Crippen LogP contribution in [0.5, 0.6) is 11.5 Å². The highest BCUT2D eigenvalue weighted by Gasteiger charge is 2.31. The number of ether oxygens (including phenoxy) is 1. The van der Waals surface area contributed by atoms with Crippen LogP contribution < -0.4 is 10.1 Å². The van der Waals surface area contributed by atoms with Gasteiger partial charge in [-0.3, -0.25) is 10.1 Å². The fourth-order valence-corrected chi connectivity index (χ4v) is 4.65. The molecular formula is C20H25N3O5S. The molecule has 0 aromatic heterocycles. The monoisotopic (exact) mass is 419 g/mol. The summed E-state index contributed by atoms with van der Waals surface area (Å²) in [6.07, 6.45) is 0. The van der Waals surface area contributed by atoms with E-state index >= 15 is 0 Å². The lowest BCUT2D eigenvalue weighted by atomic mass is 9.87. The first kappa shape index (κ1) is 21.2. The molecule has 2 aromatic carbocycles. The maximum absolute atomic E-state index is 13.2. The lowest BCUT2D eigenvalue weighted by molar-refractivity contribution is -0.385. The number of piperazine rings is 1. The van der Waals surface area contributed by atoms with Gasteiger partial charge in [-0.2, -0.15) is 4.31 Å².